The van der Waals surface area contributed by atoms with Crippen molar-refractivity contribution in [1.29, 1.82) is 0 Å². The second-order valence-corrected chi connectivity index (χ2v) is 5.52. The molecule has 1 saturated carbocycles. The molecule has 6 heteroatoms. The summed E-state index contributed by atoms with van der Waals surface area (Å²) in [4.78, 5) is 16.2. The molecule has 116 valence electrons. The maximum atomic E-state index is 11.9. The van der Waals surface area contributed by atoms with Gasteiger partial charge in [0.05, 0.1) is 0 Å². The third-order valence-corrected chi connectivity index (χ3v) is 3.86. The van der Waals surface area contributed by atoms with E-state index in [9.17, 15) is 4.79 Å². The third-order valence-electron chi connectivity index (χ3n) is 3.86. The van der Waals surface area contributed by atoms with Gasteiger partial charge in [-0.25, -0.2) is 4.79 Å². The summed E-state index contributed by atoms with van der Waals surface area (Å²) in [5, 5.41) is 9.77. The van der Waals surface area contributed by atoms with E-state index in [0.717, 1.165) is 24.1 Å². The first-order chi connectivity index (χ1) is 10.7. The zero-order chi connectivity index (χ0) is 15.4. The Morgan fingerprint density at radius 2 is 2.00 bits per heavy atom. The number of hydrogen-bond donors (Lipinski definition) is 2. The second-order valence-electron chi connectivity index (χ2n) is 5.52. The number of nitrogens with zero attached hydrogens (tertiary/aromatic N) is 2. The quantitative estimate of drug-likeness (QED) is 0.907. The molecule has 0 unspecified atom stereocenters. The van der Waals surface area contributed by atoms with E-state index >= 15 is 0 Å². The summed E-state index contributed by atoms with van der Waals surface area (Å²) in [5.41, 5.74) is 1.61. The molecular formula is C16H20N4O2. The summed E-state index contributed by atoms with van der Waals surface area (Å²) in [5.74, 6) is 1.19. The molecule has 2 amide bonds. The molecule has 0 atom stereocenters. The van der Waals surface area contributed by atoms with Crippen LogP contribution in [0.3, 0.4) is 0 Å². The first-order valence-electron chi connectivity index (χ1n) is 7.75. The minimum Gasteiger partial charge on any atom is -0.339 e. The van der Waals surface area contributed by atoms with Crippen LogP contribution in [0.15, 0.2) is 28.8 Å². The average molecular weight is 300 g/mol. The van der Waals surface area contributed by atoms with E-state index < -0.39 is 0 Å². The molecule has 2 aromatic rings. The highest BCUT2D eigenvalue weighted by molar-refractivity contribution is 5.89. The number of carbonyl (C=O) groups is 1. The number of carbonyl (C=O) groups excluding carboxylic acids is 1. The molecule has 3 rings (SSSR count). The molecule has 0 radical (unpaired) electrons. The van der Waals surface area contributed by atoms with E-state index in [1.807, 2.05) is 31.2 Å². The first-order valence-corrected chi connectivity index (χ1v) is 7.75. The van der Waals surface area contributed by atoms with Gasteiger partial charge >= 0.3 is 6.03 Å². The summed E-state index contributed by atoms with van der Waals surface area (Å²) in [6, 6.07) is 7.58. The van der Waals surface area contributed by atoms with Crippen molar-refractivity contribution < 1.29 is 9.32 Å². The van der Waals surface area contributed by atoms with Crippen molar-refractivity contribution in [3.8, 4) is 11.4 Å². The van der Waals surface area contributed by atoms with Gasteiger partial charge in [0.2, 0.25) is 11.7 Å². The Morgan fingerprint density at radius 1 is 1.27 bits per heavy atom. The standard InChI is InChI=1S/C16H20N4O2/c1-2-14-19-15(20-22-14)11-7-9-13(10-8-11)18-16(21)17-12-5-3-4-6-12/h7-10,12H,2-6H2,1H3,(H2,17,18,21). The molecule has 1 fully saturated rings. The highest BCUT2D eigenvalue weighted by Crippen LogP contribution is 2.20. The number of benzene rings is 1. The first kappa shape index (κ1) is 14.6. The van der Waals surface area contributed by atoms with Crippen LogP contribution in [0.2, 0.25) is 0 Å². The summed E-state index contributed by atoms with van der Waals surface area (Å²) < 4.78 is 5.10. The van der Waals surface area contributed by atoms with E-state index in [1.165, 1.54) is 12.8 Å². The monoisotopic (exact) mass is 300 g/mol. The predicted octanol–water partition coefficient (Wildman–Crippen LogP) is 3.36. The lowest BCUT2D eigenvalue weighted by molar-refractivity contribution is 0.248. The van der Waals surface area contributed by atoms with Crippen molar-refractivity contribution in [1.82, 2.24) is 15.5 Å². The predicted molar refractivity (Wildman–Crippen MR) is 83.5 cm³/mol. The SMILES string of the molecule is CCc1nc(-c2ccc(NC(=O)NC3CCCC3)cc2)no1. The van der Waals surface area contributed by atoms with E-state index in [0.29, 0.717) is 24.2 Å². The molecule has 2 N–H and O–H groups in total. The van der Waals surface area contributed by atoms with Gasteiger partial charge in [-0.3, -0.25) is 0 Å². The Hall–Kier alpha value is -2.37. The zero-order valence-corrected chi connectivity index (χ0v) is 12.6. The van der Waals surface area contributed by atoms with Gasteiger partial charge < -0.3 is 15.2 Å². The van der Waals surface area contributed by atoms with Crippen LogP contribution in [0, 0.1) is 0 Å². The number of aromatic nitrogens is 2. The molecule has 1 aromatic heterocycles. The second kappa shape index (κ2) is 6.60. The highest BCUT2D eigenvalue weighted by atomic mass is 16.5. The number of anilines is 1. The lowest BCUT2D eigenvalue weighted by Gasteiger charge is -2.13. The van der Waals surface area contributed by atoms with Gasteiger partial charge in [0.1, 0.15) is 0 Å². The van der Waals surface area contributed by atoms with Crippen LogP contribution >= 0.6 is 0 Å². The molecular weight excluding hydrogens is 280 g/mol. The van der Waals surface area contributed by atoms with E-state index in [4.69, 9.17) is 4.52 Å². The number of urea groups is 1. The number of nitrogens with one attached hydrogen (secondary N) is 2. The number of amides is 2. The minimum atomic E-state index is -0.146. The van der Waals surface area contributed by atoms with Crippen molar-refractivity contribution in [2.45, 2.75) is 45.1 Å². The van der Waals surface area contributed by atoms with Crippen LogP contribution < -0.4 is 10.6 Å². The number of hydrogen-bond acceptors (Lipinski definition) is 4. The molecule has 1 aliphatic rings. The molecule has 6 nitrogen and oxygen atoms in total. The number of rotatable bonds is 4. The van der Waals surface area contributed by atoms with Crippen LogP contribution in [0.4, 0.5) is 10.5 Å². The molecule has 22 heavy (non-hydrogen) atoms. The van der Waals surface area contributed by atoms with E-state index in [1.54, 1.807) is 0 Å². The molecule has 1 heterocycles. The average Bonchev–Trinajstić information content (AvgIpc) is 3.19. The van der Waals surface area contributed by atoms with Gasteiger partial charge in [-0.05, 0) is 37.1 Å². The van der Waals surface area contributed by atoms with Gasteiger partial charge in [-0.2, -0.15) is 4.98 Å². The van der Waals surface area contributed by atoms with Crippen LogP contribution in [-0.4, -0.2) is 22.2 Å². The Morgan fingerprint density at radius 3 is 2.64 bits per heavy atom. The van der Waals surface area contributed by atoms with Gasteiger partial charge in [-0.1, -0.05) is 24.9 Å². The fourth-order valence-corrected chi connectivity index (χ4v) is 2.64. The lowest BCUT2D eigenvalue weighted by Crippen LogP contribution is -2.36. The van der Waals surface area contributed by atoms with Gasteiger partial charge in [0.25, 0.3) is 0 Å². The Labute approximate surface area is 129 Å². The largest absolute Gasteiger partial charge is 0.339 e. The zero-order valence-electron chi connectivity index (χ0n) is 12.6. The highest BCUT2D eigenvalue weighted by Gasteiger charge is 2.17. The van der Waals surface area contributed by atoms with Crippen molar-refractivity contribution in [3.63, 3.8) is 0 Å². The fourth-order valence-electron chi connectivity index (χ4n) is 2.64. The van der Waals surface area contributed by atoms with E-state index in [-0.39, 0.29) is 6.03 Å². The number of aryl methyl sites for hydroxylation is 1. The minimum absolute atomic E-state index is 0.146. The van der Waals surface area contributed by atoms with E-state index in [2.05, 4.69) is 20.8 Å². The third kappa shape index (κ3) is 3.44. The molecule has 0 aliphatic heterocycles. The molecule has 0 saturated heterocycles. The smallest absolute Gasteiger partial charge is 0.319 e. The van der Waals surface area contributed by atoms with Gasteiger partial charge in [-0.15, -0.1) is 0 Å². The van der Waals surface area contributed by atoms with Crippen LogP contribution in [0.5, 0.6) is 0 Å². The maximum Gasteiger partial charge on any atom is 0.319 e. The van der Waals surface area contributed by atoms with Crippen molar-refractivity contribution in [2.24, 2.45) is 0 Å². The maximum absolute atomic E-state index is 11.9. The Kier molecular flexibility index (Phi) is 4.37. The summed E-state index contributed by atoms with van der Waals surface area (Å²) >= 11 is 0. The van der Waals surface area contributed by atoms with Crippen LogP contribution in [0.25, 0.3) is 11.4 Å². The fraction of sp³-hybridized carbons (Fsp3) is 0.438. The molecule has 1 aromatic carbocycles. The van der Waals surface area contributed by atoms with Crippen molar-refractivity contribution >= 4 is 11.7 Å². The van der Waals surface area contributed by atoms with Crippen molar-refractivity contribution in [3.05, 3.63) is 30.2 Å². The van der Waals surface area contributed by atoms with Crippen LogP contribution in [-0.2, 0) is 6.42 Å². The topological polar surface area (TPSA) is 80.0 Å². The molecule has 0 spiro atoms. The molecule has 1 aliphatic carbocycles. The Balaban J connectivity index is 1.60. The Bertz CT molecular complexity index is 630. The molecule has 0 bridgehead atoms. The lowest BCUT2D eigenvalue weighted by atomic mass is 10.2. The van der Waals surface area contributed by atoms with Crippen LogP contribution in [0.1, 0.15) is 38.5 Å². The van der Waals surface area contributed by atoms with Gasteiger partial charge in [0.15, 0.2) is 0 Å². The summed E-state index contributed by atoms with van der Waals surface area (Å²) in [6.07, 6.45) is 5.26. The normalized spacial score (nSPS) is 15.0. The summed E-state index contributed by atoms with van der Waals surface area (Å²) in [6.45, 7) is 1.97. The summed E-state index contributed by atoms with van der Waals surface area (Å²) in [7, 11) is 0. The van der Waals surface area contributed by atoms with Crippen molar-refractivity contribution in [2.75, 3.05) is 5.32 Å². The van der Waals surface area contributed by atoms with Gasteiger partial charge in [0, 0.05) is 23.7 Å².